The van der Waals surface area contributed by atoms with Gasteiger partial charge in [-0.05, 0) is 48.9 Å². The molecule has 162 valence electrons. The molecule has 7 nitrogen and oxygen atoms in total. The van der Waals surface area contributed by atoms with Crippen LogP contribution in [-0.4, -0.2) is 28.5 Å². The van der Waals surface area contributed by atoms with Crippen LogP contribution in [0.25, 0.3) is 0 Å². The highest BCUT2D eigenvalue weighted by atomic mass is 35.5. The lowest BCUT2D eigenvalue weighted by atomic mass is 10.1. The van der Waals surface area contributed by atoms with Crippen molar-refractivity contribution < 1.29 is 22.7 Å². The molecule has 9 heteroatoms. The molecule has 0 unspecified atom stereocenters. The summed E-state index contributed by atoms with van der Waals surface area (Å²) in [7, 11) is -0.965. The second kappa shape index (κ2) is 9.28. The molecule has 2 N–H and O–H groups in total. The van der Waals surface area contributed by atoms with Gasteiger partial charge < -0.3 is 14.8 Å². The molecular formula is C22H21ClN2O5S. The van der Waals surface area contributed by atoms with E-state index in [9.17, 15) is 13.2 Å². The van der Waals surface area contributed by atoms with Crippen LogP contribution in [-0.2, 0) is 10.0 Å². The minimum atomic E-state index is -3.94. The van der Waals surface area contributed by atoms with Crippen LogP contribution in [0.15, 0.2) is 65.6 Å². The summed E-state index contributed by atoms with van der Waals surface area (Å²) in [6.07, 6.45) is 0. The van der Waals surface area contributed by atoms with E-state index in [1.807, 2.05) is 0 Å². The number of aryl methyl sites for hydroxylation is 1. The predicted molar refractivity (Wildman–Crippen MR) is 121 cm³/mol. The summed E-state index contributed by atoms with van der Waals surface area (Å²) in [5, 5.41) is 2.99. The van der Waals surface area contributed by atoms with Crippen molar-refractivity contribution in [3.63, 3.8) is 0 Å². The van der Waals surface area contributed by atoms with E-state index in [0.717, 1.165) is 0 Å². The maximum atomic E-state index is 12.9. The summed E-state index contributed by atoms with van der Waals surface area (Å²) in [5.41, 5.74) is 1.40. The topological polar surface area (TPSA) is 93.7 Å². The molecule has 1 amide bonds. The summed E-state index contributed by atoms with van der Waals surface area (Å²) in [4.78, 5) is 12.7. The van der Waals surface area contributed by atoms with Gasteiger partial charge in [0.2, 0.25) is 0 Å². The number of methoxy groups -OCH3 is 2. The standard InChI is InChI=1S/C22H21ClN2O5S/c1-14-8-9-16(24-22(26)15-10-17(29-2)13-18(11-15)30-3)12-21(14)31(27,28)25-20-7-5-4-6-19(20)23/h4-13,25H,1-3H3,(H,24,26). The average Bonchev–Trinajstić information content (AvgIpc) is 2.76. The zero-order valence-electron chi connectivity index (χ0n) is 17.1. The van der Waals surface area contributed by atoms with E-state index < -0.39 is 15.9 Å². The van der Waals surface area contributed by atoms with Gasteiger partial charge in [0.15, 0.2) is 0 Å². The molecule has 31 heavy (non-hydrogen) atoms. The largest absolute Gasteiger partial charge is 0.497 e. The summed E-state index contributed by atoms with van der Waals surface area (Å²) < 4.78 is 38.7. The van der Waals surface area contributed by atoms with Crippen molar-refractivity contribution in [3.8, 4) is 11.5 Å². The van der Waals surface area contributed by atoms with E-state index in [4.69, 9.17) is 21.1 Å². The molecule has 3 rings (SSSR count). The van der Waals surface area contributed by atoms with Gasteiger partial charge >= 0.3 is 0 Å². The van der Waals surface area contributed by atoms with Gasteiger partial charge in [-0.3, -0.25) is 9.52 Å². The fourth-order valence-corrected chi connectivity index (χ4v) is 4.44. The summed E-state index contributed by atoms with van der Waals surface area (Å²) >= 11 is 6.07. The molecular weight excluding hydrogens is 440 g/mol. The smallest absolute Gasteiger partial charge is 0.262 e. The molecule has 0 fully saturated rings. The zero-order chi connectivity index (χ0) is 22.6. The number of carbonyl (C=O) groups is 1. The first-order valence-corrected chi connectivity index (χ1v) is 11.0. The number of ether oxygens (including phenoxy) is 2. The van der Waals surface area contributed by atoms with E-state index >= 15 is 0 Å². The minimum Gasteiger partial charge on any atom is -0.497 e. The van der Waals surface area contributed by atoms with Crippen LogP contribution in [0.2, 0.25) is 5.02 Å². The number of carbonyl (C=O) groups excluding carboxylic acids is 1. The Balaban J connectivity index is 1.89. The van der Waals surface area contributed by atoms with Crippen molar-refractivity contribution in [2.75, 3.05) is 24.3 Å². The lowest BCUT2D eigenvalue weighted by Crippen LogP contribution is -2.16. The number of hydrogen-bond donors (Lipinski definition) is 2. The Morgan fingerprint density at radius 2 is 1.58 bits per heavy atom. The minimum absolute atomic E-state index is 0.0217. The molecule has 3 aromatic rings. The number of benzene rings is 3. The van der Waals surface area contributed by atoms with Crippen molar-refractivity contribution in [2.24, 2.45) is 0 Å². The molecule has 0 radical (unpaired) electrons. The van der Waals surface area contributed by atoms with Gasteiger partial charge in [0.1, 0.15) is 11.5 Å². The number of rotatable bonds is 7. The van der Waals surface area contributed by atoms with Crippen LogP contribution < -0.4 is 19.5 Å². The van der Waals surface area contributed by atoms with Crippen LogP contribution >= 0.6 is 11.6 Å². The molecule has 0 saturated carbocycles. The number of anilines is 2. The number of sulfonamides is 1. The summed E-state index contributed by atoms with van der Waals surface area (Å²) in [6.45, 7) is 1.67. The summed E-state index contributed by atoms with van der Waals surface area (Å²) in [6, 6.07) is 15.9. The molecule has 0 aromatic heterocycles. The second-order valence-corrected chi connectivity index (χ2v) is 8.68. The summed E-state index contributed by atoms with van der Waals surface area (Å²) in [5.74, 6) is 0.477. The monoisotopic (exact) mass is 460 g/mol. The maximum absolute atomic E-state index is 12.9. The van der Waals surface area contributed by atoms with Gasteiger partial charge in [0.05, 0.1) is 29.8 Å². The highest BCUT2D eigenvalue weighted by molar-refractivity contribution is 7.92. The van der Waals surface area contributed by atoms with E-state index in [1.165, 1.54) is 20.3 Å². The van der Waals surface area contributed by atoms with Crippen molar-refractivity contribution in [1.82, 2.24) is 0 Å². The van der Waals surface area contributed by atoms with Crippen molar-refractivity contribution in [2.45, 2.75) is 11.8 Å². The third kappa shape index (κ3) is 5.28. The van der Waals surface area contributed by atoms with E-state index in [0.29, 0.717) is 28.3 Å². The quantitative estimate of drug-likeness (QED) is 0.532. The molecule has 0 aliphatic heterocycles. The van der Waals surface area contributed by atoms with Gasteiger partial charge in [-0.2, -0.15) is 0 Å². The Morgan fingerprint density at radius 1 is 0.935 bits per heavy atom. The number of amides is 1. The van der Waals surface area contributed by atoms with Gasteiger partial charge in [0, 0.05) is 17.3 Å². The normalized spacial score (nSPS) is 11.0. The first-order chi connectivity index (χ1) is 14.7. The van der Waals surface area contributed by atoms with Gasteiger partial charge in [-0.1, -0.05) is 29.8 Å². The van der Waals surface area contributed by atoms with Crippen molar-refractivity contribution in [3.05, 3.63) is 76.8 Å². The zero-order valence-corrected chi connectivity index (χ0v) is 18.7. The second-order valence-electron chi connectivity index (χ2n) is 6.62. The highest BCUT2D eigenvalue weighted by Crippen LogP contribution is 2.28. The van der Waals surface area contributed by atoms with Crippen LogP contribution in [0, 0.1) is 6.92 Å². The Morgan fingerprint density at radius 3 is 2.19 bits per heavy atom. The molecule has 0 atom stereocenters. The van der Waals surface area contributed by atoms with Crippen LogP contribution in [0.1, 0.15) is 15.9 Å². The lowest BCUT2D eigenvalue weighted by Gasteiger charge is -2.14. The fourth-order valence-electron chi connectivity index (χ4n) is 2.85. The first-order valence-electron chi connectivity index (χ1n) is 9.16. The predicted octanol–water partition coefficient (Wildman–Crippen LogP) is 4.72. The molecule has 0 aliphatic carbocycles. The third-order valence-electron chi connectivity index (χ3n) is 4.47. The Hall–Kier alpha value is -3.23. The van der Waals surface area contributed by atoms with Gasteiger partial charge in [-0.15, -0.1) is 0 Å². The maximum Gasteiger partial charge on any atom is 0.262 e. The Labute approximate surface area is 186 Å². The molecule has 0 spiro atoms. The lowest BCUT2D eigenvalue weighted by molar-refractivity contribution is 0.102. The molecule has 0 heterocycles. The van der Waals surface area contributed by atoms with Gasteiger partial charge in [-0.25, -0.2) is 8.42 Å². The highest BCUT2D eigenvalue weighted by Gasteiger charge is 2.20. The number of para-hydroxylation sites is 1. The number of hydrogen-bond acceptors (Lipinski definition) is 5. The molecule has 0 saturated heterocycles. The third-order valence-corrected chi connectivity index (χ3v) is 6.30. The first kappa shape index (κ1) is 22.5. The molecule has 0 aliphatic rings. The Kier molecular flexibility index (Phi) is 6.72. The van der Waals surface area contributed by atoms with Crippen molar-refractivity contribution in [1.29, 1.82) is 0 Å². The SMILES string of the molecule is COc1cc(OC)cc(C(=O)Nc2ccc(C)c(S(=O)(=O)Nc3ccccc3Cl)c2)c1. The Bertz CT molecular complexity index is 1210. The fraction of sp³-hybridized carbons (Fsp3) is 0.136. The van der Waals surface area contributed by atoms with E-state index in [2.05, 4.69) is 10.0 Å². The molecule has 0 bridgehead atoms. The number of halogens is 1. The van der Waals surface area contributed by atoms with E-state index in [-0.39, 0.29) is 15.6 Å². The average molecular weight is 461 g/mol. The van der Waals surface area contributed by atoms with Crippen LogP contribution in [0.4, 0.5) is 11.4 Å². The number of nitrogens with one attached hydrogen (secondary N) is 2. The van der Waals surface area contributed by atoms with E-state index in [1.54, 1.807) is 61.5 Å². The van der Waals surface area contributed by atoms with Crippen molar-refractivity contribution >= 4 is 38.9 Å². The van der Waals surface area contributed by atoms with Crippen LogP contribution in [0.3, 0.4) is 0 Å². The molecule has 3 aromatic carbocycles. The van der Waals surface area contributed by atoms with Gasteiger partial charge in [0.25, 0.3) is 15.9 Å². The van der Waals surface area contributed by atoms with Crippen LogP contribution in [0.5, 0.6) is 11.5 Å².